The Kier molecular flexibility index (Phi) is 43.1. The molecule has 0 N–H and O–H groups in total. The van der Waals surface area contributed by atoms with Crippen LogP contribution in [0.3, 0.4) is 0 Å². The van der Waals surface area contributed by atoms with E-state index >= 15 is 0 Å². The summed E-state index contributed by atoms with van der Waals surface area (Å²) in [4.78, 5) is 0. The first-order valence-electron chi connectivity index (χ1n) is 22.4. The summed E-state index contributed by atoms with van der Waals surface area (Å²) in [6.07, 6.45) is 7.76. The highest BCUT2D eigenvalue weighted by Crippen LogP contribution is 2.69. The van der Waals surface area contributed by atoms with E-state index in [-0.39, 0.29) is 5.92 Å². The normalized spacial score (nSPS) is 16.4. The molecule has 0 bridgehead atoms. The molecule has 24 heteroatoms. The van der Waals surface area contributed by atoms with E-state index in [1.807, 2.05) is 94.2 Å². The quantitative estimate of drug-likeness (QED) is 0.0191. The summed E-state index contributed by atoms with van der Waals surface area (Å²) in [5.41, 5.74) is 0. The van der Waals surface area contributed by atoms with Crippen LogP contribution in [0, 0.1) is 11.8 Å². The fourth-order valence-electron chi connectivity index (χ4n) is 4.96. The number of hydrogen-bond acceptors (Lipinski definition) is 18. The minimum Gasteiger partial charge on any atom is -0.331 e. The maximum atomic E-state index is 6.88. The second kappa shape index (κ2) is 40.1. The van der Waals surface area contributed by atoms with E-state index in [4.69, 9.17) is 39.8 Å². The predicted octanol–water partition coefficient (Wildman–Crippen LogP) is 15.0. The van der Waals surface area contributed by atoms with Crippen molar-refractivity contribution < 1.29 is 39.8 Å². The second-order valence-electron chi connectivity index (χ2n) is 13.0. The molecule has 368 valence electrons. The van der Waals surface area contributed by atoms with Gasteiger partial charge in [-0.05, 0) is 126 Å². The van der Waals surface area contributed by atoms with Gasteiger partial charge in [-0.15, -0.1) is 0 Å². The molecule has 5 unspecified atom stereocenters. The molecule has 0 aliphatic rings. The molecule has 5 atom stereocenters. The summed E-state index contributed by atoms with van der Waals surface area (Å²) in [6.45, 7) is 37.2. The Balaban J connectivity index is 8.83. The van der Waals surface area contributed by atoms with Crippen LogP contribution in [0.5, 0.6) is 0 Å². The molecular weight excluding hydrogens is 1060 g/mol. The van der Waals surface area contributed by atoms with E-state index < -0.39 is 52.5 Å². The van der Waals surface area contributed by atoms with Gasteiger partial charge >= 0.3 is 23.9 Å². The van der Waals surface area contributed by atoms with Gasteiger partial charge in [0, 0.05) is 82.6 Å². The summed E-state index contributed by atoms with van der Waals surface area (Å²) >= 11 is 0. The number of hydrogen-bond donors (Lipinski definition) is 0. The topological polar surface area (TPSA) is 83.1 Å². The van der Waals surface area contributed by atoms with E-state index in [9.17, 15) is 0 Å². The first-order chi connectivity index (χ1) is 29.4. The molecule has 0 aliphatic carbocycles. The average molecular weight is 1140 g/mol. The van der Waals surface area contributed by atoms with Crippen LogP contribution in [0.4, 0.5) is 0 Å². The van der Waals surface area contributed by atoms with Crippen LogP contribution in [0.25, 0.3) is 0 Å². The fraction of sp³-hybridized carbons (Fsp3) is 1.00. The first kappa shape index (κ1) is 65.5. The minimum atomic E-state index is -3.31. The van der Waals surface area contributed by atoms with Gasteiger partial charge in [0.05, 0.1) is 0 Å². The standard InChI is InChI=1S/C37H85O9S12Si3/c1-16-32-47-53-56(59(38-20-5,39-21-6)40-22-7)50-37(36(15)31-29-30-35(14)19-4,51-57(54-48-33-17-2)60(41-23-8,42-24-9)43-25-10)52-58(55-49-34-18-3)61(44-26-11,45-27-12)46-28-13/h35-36H,16-34H2,1-15H3/q+3. The molecule has 0 spiro atoms. The lowest BCUT2D eigenvalue weighted by Crippen LogP contribution is -2.55. The van der Waals surface area contributed by atoms with Gasteiger partial charge in [0.1, 0.15) is 32.4 Å². The van der Waals surface area contributed by atoms with Crippen molar-refractivity contribution in [3.63, 3.8) is 0 Å². The van der Waals surface area contributed by atoms with Crippen LogP contribution in [0.1, 0.15) is 149 Å². The molecule has 0 heterocycles. The van der Waals surface area contributed by atoms with Gasteiger partial charge in [-0.3, -0.25) is 0 Å². The zero-order chi connectivity index (χ0) is 46.0. The highest BCUT2D eigenvalue weighted by molar-refractivity contribution is 9.36. The van der Waals surface area contributed by atoms with Gasteiger partial charge in [0.25, 0.3) is 3.41 Å². The van der Waals surface area contributed by atoms with Crippen molar-refractivity contribution in [1.29, 1.82) is 0 Å². The van der Waals surface area contributed by atoms with E-state index in [0.29, 0.717) is 65.4 Å². The van der Waals surface area contributed by atoms with Crippen molar-refractivity contribution in [2.75, 3.05) is 76.7 Å². The lowest BCUT2D eigenvalue weighted by atomic mass is 9.98. The molecule has 0 aliphatic heterocycles. The molecular formula is C37H85O9S12Si3+3. The Hall–Kier alpha value is 4.49. The Morgan fingerprint density at radius 3 is 0.885 bits per heavy atom. The van der Waals surface area contributed by atoms with Crippen LogP contribution in [-0.2, 0) is 65.1 Å². The van der Waals surface area contributed by atoms with E-state index in [1.54, 1.807) is 0 Å². The largest absolute Gasteiger partial charge is 0.808 e. The molecule has 0 saturated heterocycles. The van der Waals surface area contributed by atoms with Crippen LogP contribution in [0.15, 0.2) is 0 Å². The molecule has 0 saturated carbocycles. The van der Waals surface area contributed by atoms with Gasteiger partial charge in [-0.2, -0.15) is 0 Å². The van der Waals surface area contributed by atoms with E-state index in [0.717, 1.165) is 49.4 Å². The molecule has 61 heavy (non-hydrogen) atoms. The van der Waals surface area contributed by atoms with E-state index in [2.05, 4.69) is 104 Å². The third-order valence-electron chi connectivity index (χ3n) is 7.90. The molecule has 0 fully saturated rings. The molecule has 0 radical (unpaired) electrons. The van der Waals surface area contributed by atoms with Crippen molar-refractivity contribution >= 4 is 143 Å². The zero-order valence-electron chi connectivity index (χ0n) is 40.2. The van der Waals surface area contributed by atoms with E-state index in [1.165, 1.54) is 12.8 Å². The Morgan fingerprint density at radius 1 is 0.410 bits per heavy atom. The van der Waals surface area contributed by atoms with Crippen LogP contribution in [0.2, 0.25) is 0 Å². The smallest absolute Gasteiger partial charge is 0.331 e. The van der Waals surface area contributed by atoms with Crippen LogP contribution in [-0.4, -0.2) is 104 Å². The van der Waals surface area contributed by atoms with Crippen LogP contribution >= 0.6 is 94.2 Å². The second-order valence-corrected chi connectivity index (χ2v) is 55.4. The average Bonchev–Trinajstić information content (AvgIpc) is 3.23. The molecule has 0 aromatic rings. The number of rotatable bonds is 45. The van der Waals surface area contributed by atoms with Crippen LogP contribution < -0.4 is 0 Å². The maximum Gasteiger partial charge on any atom is 0.808 e. The lowest BCUT2D eigenvalue weighted by molar-refractivity contribution is 0.0958. The summed E-state index contributed by atoms with van der Waals surface area (Å²) in [6, 6.07) is 0. The van der Waals surface area contributed by atoms with Gasteiger partial charge in [0.2, 0.25) is 0 Å². The molecule has 0 aromatic carbocycles. The lowest BCUT2D eigenvalue weighted by Gasteiger charge is -2.35. The SMILES string of the molecule is CCCSS[S+](SC(S[S+](SSCCC)[Si](OCC)(OCC)OCC)(S[S+](SSCCC)[Si](OCC)(OCC)OCC)C(C)CCCC(C)CC)[Si](OCC)(OCC)OCC. The summed E-state index contributed by atoms with van der Waals surface area (Å²) < 4.78 is 61.4. The van der Waals surface area contributed by atoms with Gasteiger partial charge in [0.15, 0.2) is 54.7 Å². The maximum absolute atomic E-state index is 6.88. The van der Waals surface area contributed by atoms with Crippen molar-refractivity contribution in [1.82, 2.24) is 0 Å². The van der Waals surface area contributed by atoms with Crippen molar-refractivity contribution in [2.24, 2.45) is 11.8 Å². The van der Waals surface area contributed by atoms with Crippen molar-refractivity contribution in [2.45, 2.75) is 152 Å². The Morgan fingerprint density at radius 2 is 0.672 bits per heavy atom. The third kappa shape index (κ3) is 24.0. The molecule has 0 aromatic heterocycles. The zero-order valence-corrected chi connectivity index (χ0v) is 53.0. The third-order valence-corrected chi connectivity index (χ3v) is 68.2. The van der Waals surface area contributed by atoms with Gasteiger partial charge < -0.3 is 39.8 Å². The molecule has 9 nitrogen and oxygen atoms in total. The highest BCUT2D eigenvalue weighted by atomic mass is 33.8. The monoisotopic (exact) mass is 1140 g/mol. The summed E-state index contributed by atoms with van der Waals surface area (Å²) in [5, 5.41) is 0. The fourth-order valence-corrected chi connectivity index (χ4v) is 79.7. The Bertz CT molecular complexity index is 881. The molecule has 0 rings (SSSR count). The minimum absolute atomic E-state index is 0.201. The highest BCUT2D eigenvalue weighted by Gasteiger charge is 2.78. The summed E-state index contributed by atoms with van der Waals surface area (Å²) in [5.74, 6) is 3.92. The van der Waals surface area contributed by atoms with Crippen molar-refractivity contribution in [3.05, 3.63) is 0 Å². The van der Waals surface area contributed by atoms with Gasteiger partial charge in [-0.25, -0.2) is 0 Å². The van der Waals surface area contributed by atoms with Crippen molar-refractivity contribution in [3.8, 4) is 0 Å². The summed E-state index contributed by atoms with van der Waals surface area (Å²) in [7, 11) is 5.93. The first-order valence-corrected chi connectivity index (χ1v) is 45.9. The molecule has 0 amide bonds. The predicted molar refractivity (Wildman–Crippen MR) is 303 cm³/mol. The Labute approximate surface area is 419 Å². The van der Waals surface area contributed by atoms with Gasteiger partial charge in [-0.1, -0.05) is 60.8 Å².